The van der Waals surface area contributed by atoms with Gasteiger partial charge in [-0.3, -0.25) is 0 Å². The molecule has 0 spiro atoms. The van der Waals surface area contributed by atoms with Crippen LogP contribution in [-0.4, -0.2) is 12.3 Å². The van der Waals surface area contributed by atoms with E-state index in [1.807, 2.05) is 6.07 Å². The highest BCUT2D eigenvalue weighted by Crippen LogP contribution is 2.37. The standard InChI is InChI=1S/C11H7F7I/c1-5(9(12)11(16,17)18)6-2-7(10(13,14)15)4-8(19)3-6/h2-3,5,9H,1H3. The van der Waals surface area contributed by atoms with Crippen molar-refractivity contribution in [1.29, 1.82) is 0 Å². The van der Waals surface area contributed by atoms with E-state index in [2.05, 4.69) is 0 Å². The maximum Gasteiger partial charge on any atom is 0.420 e. The number of alkyl halides is 7. The van der Waals surface area contributed by atoms with E-state index < -0.39 is 30.0 Å². The molecular weight excluding hydrogens is 392 g/mol. The van der Waals surface area contributed by atoms with E-state index in [4.69, 9.17) is 0 Å². The van der Waals surface area contributed by atoms with E-state index in [1.54, 1.807) is 0 Å². The van der Waals surface area contributed by atoms with Crippen molar-refractivity contribution in [2.45, 2.75) is 31.4 Å². The first-order valence-corrected chi connectivity index (χ1v) is 6.01. The highest BCUT2D eigenvalue weighted by molar-refractivity contribution is 14.1. The first kappa shape index (κ1) is 16.5. The molecule has 1 radical (unpaired) electrons. The molecule has 19 heavy (non-hydrogen) atoms. The van der Waals surface area contributed by atoms with Gasteiger partial charge in [-0.15, -0.1) is 0 Å². The molecule has 0 nitrogen and oxygen atoms in total. The van der Waals surface area contributed by atoms with Crippen molar-refractivity contribution in [3.63, 3.8) is 0 Å². The molecule has 1 aromatic carbocycles. The van der Waals surface area contributed by atoms with E-state index >= 15 is 0 Å². The molecule has 1 rings (SSSR count). The molecule has 2 atom stereocenters. The minimum atomic E-state index is -5.11. The maximum absolute atomic E-state index is 13.1. The largest absolute Gasteiger partial charge is 0.420 e. The molecule has 0 aliphatic heterocycles. The lowest BCUT2D eigenvalue weighted by Crippen LogP contribution is -2.29. The molecule has 2 unspecified atom stereocenters. The minimum absolute atomic E-state index is 0.0244. The second-order valence-electron chi connectivity index (χ2n) is 3.91. The van der Waals surface area contributed by atoms with Crippen LogP contribution in [0.5, 0.6) is 0 Å². The molecule has 0 aliphatic rings. The van der Waals surface area contributed by atoms with Gasteiger partial charge in [0.05, 0.1) is 5.56 Å². The van der Waals surface area contributed by atoms with Crippen molar-refractivity contribution >= 4 is 22.6 Å². The van der Waals surface area contributed by atoms with E-state index in [0.29, 0.717) is 6.07 Å². The van der Waals surface area contributed by atoms with Crippen molar-refractivity contribution in [3.8, 4) is 0 Å². The monoisotopic (exact) mass is 399 g/mol. The number of halogens is 8. The van der Waals surface area contributed by atoms with Crippen molar-refractivity contribution in [2.24, 2.45) is 0 Å². The molecule has 107 valence electrons. The van der Waals surface area contributed by atoms with E-state index in [-0.39, 0.29) is 9.13 Å². The summed E-state index contributed by atoms with van der Waals surface area (Å²) in [7, 11) is 0. The van der Waals surface area contributed by atoms with Crippen molar-refractivity contribution in [2.75, 3.05) is 0 Å². The van der Waals surface area contributed by atoms with Crippen LogP contribution < -0.4 is 0 Å². The first-order chi connectivity index (χ1) is 8.43. The Morgan fingerprint density at radius 2 is 1.63 bits per heavy atom. The van der Waals surface area contributed by atoms with Crippen molar-refractivity contribution in [1.82, 2.24) is 0 Å². The predicted molar refractivity (Wildman–Crippen MR) is 62.4 cm³/mol. The minimum Gasteiger partial charge on any atom is -0.237 e. The van der Waals surface area contributed by atoms with Gasteiger partial charge in [0.15, 0.2) is 0 Å². The van der Waals surface area contributed by atoms with Crippen molar-refractivity contribution in [3.05, 3.63) is 32.9 Å². The normalized spacial score (nSPS) is 16.3. The molecule has 0 heterocycles. The zero-order valence-corrected chi connectivity index (χ0v) is 11.5. The van der Waals surface area contributed by atoms with Crippen LogP contribution in [0.2, 0.25) is 0 Å². The lowest BCUT2D eigenvalue weighted by Gasteiger charge is -2.20. The van der Waals surface area contributed by atoms with Gasteiger partial charge in [-0.05, 0) is 40.3 Å². The molecule has 0 saturated heterocycles. The second-order valence-corrected chi connectivity index (χ2v) is 5.07. The van der Waals surface area contributed by atoms with Crippen LogP contribution in [-0.2, 0) is 6.18 Å². The van der Waals surface area contributed by atoms with Gasteiger partial charge in [0.2, 0.25) is 6.17 Å². The van der Waals surface area contributed by atoms with Gasteiger partial charge >= 0.3 is 12.4 Å². The van der Waals surface area contributed by atoms with E-state index in [9.17, 15) is 30.7 Å². The zero-order valence-electron chi connectivity index (χ0n) is 9.33. The molecule has 0 N–H and O–H groups in total. The zero-order chi connectivity index (χ0) is 15.0. The lowest BCUT2D eigenvalue weighted by atomic mass is 9.94. The molecule has 8 heteroatoms. The topological polar surface area (TPSA) is 0 Å². The number of benzene rings is 1. The third kappa shape index (κ3) is 4.22. The molecule has 0 bridgehead atoms. The molecular formula is C11H7F7I. The highest BCUT2D eigenvalue weighted by atomic mass is 127. The smallest absolute Gasteiger partial charge is 0.237 e. The van der Waals surface area contributed by atoms with Gasteiger partial charge in [-0.2, -0.15) is 26.3 Å². The predicted octanol–water partition coefficient (Wildman–Crippen LogP) is 5.11. The van der Waals surface area contributed by atoms with Crippen LogP contribution in [0.15, 0.2) is 12.1 Å². The summed E-state index contributed by atoms with van der Waals surface area (Å²) in [6.45, 7) is 0.893. The Morgan fingerprint density at radius 3 is 2.05 bits per heavy atom. The summed E-state index contributed by atoms with van der Waals surface area (Å²) in [6, 6.07) is 3.52. The fourth-order valence-electron chi connectivity index (χ4n) is 1.42. The third-order valence-corrected chi connectivity index (χ3v) is 3.02. The Kier molecular flexibility index (Phi) is 4.74. The van der Waals surface area contributed by atoms with Crippen LogP contribution in [0, 0.1) is 9.64 Å². The van der Waals surface area contributed by atoms with E-state index in [1.165, 1.54) is 22.6 Å². The second kappa shape index (κ2) is 5.45. The van der Waals surface area contributed by atoms with Crippen LogP contribution in [0.1, 0.15) is 24.0 Å². The van der Waals surface area contributed by atoms with Crippen LogP contribution in [0.25, 0.3) is 0 Å². The fraction of sp³-hybridized carbons (Fsp3) is 0.455. The van der Waals surface area contributed by atoms with Gasteiger partial charge in [-0.1, -0.05) is 6.92 Å². The Labute approximate surface area is 118 Å². The average Bonchev–Trinajstić information content (AvgIpc) is 2.23. The molecule has 0 fully saturated rings. The van der Waals surface area contributed by atoms with Crippen molar-refractivity contribution < 1.29 is 30.7 Å². The van der Waals surface area contributed by atoms with Gasteiger partial charge in [0.25, 0.3) is 0 Å². The Morgan fingerprint density at radius 1 is 1.11 bits per heavy atom. The summed E-state index contributed by atoms with van der Waals surface area (Å²) >= 11 is 1.49. The Bertz CT molecular complexity index is 449. The van der Waals surface area contributed by atoms with Crippen LogP contribution in [0.4, 0.5) is 30.7 Å². The molecule has 0 amide bonds. The van der Waals surface area contributed by atoms with Gasteiger partial charge in [0.1, 0.15) is 0 Å². The lowest BCUT2D eigenvalue weighted by molar-refractivity contribution is -0.185. The van der Waals surface area contributed by atoms with Gasteiger partial charge in [0, 0.05) is 15.6 Å². The maximum atomic E-state index is 13.1. The number of hydrogen-bond donors (Lipinski definition) is 0. The summed E-state index contributed by atoms with van der Waals surface area (Å²) in [5.74, 6) is -1.72. The summed E-state index contributed by atoms with van der Waals surface area (Å²) in [5.41, 5.74) is -1.57. The molecule has 1 aromatic rings. The number of hydrogen-bond acceptors (Lipinski definition) is 0. The fourth-order valence-corrected chi connectivity index (χ4v) is 2.07. The SMILES string of the molecule is CC(c1cc(I)[c]c(C(F)(F)F)c1)C(F)C(F)(F)F. The summed E-state index contributed by atoms with van der Waals surface area (Å²) in [5, 5.41) is 0. The first-order valence-electron chi connectivity index (χ1n) is 4.93. The van der Waals surface area contributed by atoms with E-state index in [0.717, 1.165) is 13.0 Å². The molecule has 0 saturated carbocycles. The summed E-state index contributed by atoms with van der Waals surface area (Å²) < 4.78 is 87.2. The van der Waals surface area contributed by atoms with Crippen LogP contribution in [0.3, 0.4) is 0 Å². The summed E-state index contributed by atoms with van der Waals surface area (Å²) in [6.07, 6.45) is -13.1. The summed E-state index contributed by atoms with van der Waals surface area (Å²) in [4.78, 5) is 0. The average molecular weight is 399 g/mol. The van der Waals surface area contributed by atoms with Gasteiger partial charge in [-0.25, -0.2) is 4.39 Å². The third-order valence-electron chi connectivity index (χ3n) is 2.44. The Balaban J connectivity index is 3.18. The highest BCUT2D eigenvalue weighted by Gasteiger charge is 2.44. The quantitative estimate of drug-likeness (QED) is 0.479. The van der Waals surface area contributed by atoms with Crippen LogP contribution >= 0.6 is 22.6 Å². The molecule has 0 aromatic heterocycles. The molecule has 0 aliphatic carbocycles. The Hall–Kier alpha value is -0.540. The van der Waals surface area contributed by atoms with Gasteiger partial charge < -0.3 is 0 Å². The number of rotatable bonds is 2.